The minimum atomic E-state index is -0.671. The summed E-state index contributed by atoms with van der Waals surface area (Å²) in [4.78, 5) is 18.1. The molecule has 0 amide bonds. The summed E-state index contributed by atoms with van der Waals surface area (Å²) < 4.78 is 0. The molecular formula is C15H24N2O2S. The van der Waals surface area contributed by atoms with Gasteiger partial charge in [-0.25, -0.2) is 4.98 Å². The van der Waals surface area contributed by atoms with E-state index in [1.807, 2.05) is 0 Å². The zero-order chi connectivity index (χ0) is 14.9. The van der Waals surface area contributed by atoms with E-state index >= 15 is 0 Å². The largest absolute Gasteiger partial charge is 0.481 e. The maximum Gasteiger partial charge on any atom is 0.307 e. The van der Waals surface area contributed by atoms with Gasteiger partial charge in [0.25, 0.3) is 0 Å². The minimum Gasteiger partial charge on any atom is -0.481 e. The van der Waals surface area contributed by atoms with E-state index < -0.39 is 5.97 Å². The Kier molecular flexibility index (Phi) is 4.49. The fourth-order valence-corrected chi connectivity index (χ4v) is 3.62. The highest BCUT2D eigenvalue weighted by Gasteiger charge is 2.30. The quantitative estimate of drug-likeness (QED) is 0.931. The number of aromatic nitrogens is 1. The zero-order valence-corrected chi connectivity index (χ0v) is 13.5. The normalized spacial score (nSPS) is 24.8. The van der Waals surface area contributed by atoms with Gasteiger partial charge in [-0.3, -0.25) is 9.69 Å². The van der Waals surface area contributed by atoms with E-state index in [0.29, 0.717) is 12.5 Å². The van der Waals surface area contributed by atoms with Gasteiger partial charge in [0, 0.05) is 30.4 Å². The first-order valence-corrected chi connectivity index (χ1v) is 8.03. The number of carboxylic acid groups (broad SMARTS) is 1. The highest BCUT2D eigenvalue weighted by molar-refractivity contribution is 7.09. The van der Waals surface area contributed by atoms with Crippen molar-refractivity contribution in [3.8, 4) is 0 Å². The molecule has 0 spiro atoms. The van der Waals surface area contributed by atoms with Crippen LogP contribution < -0.4 is 0 Å². The molecule has 1 fully saturated rings. The van der Waals surface area contributed by atoms with Crippen molar-refractivity contribution >= 4 is 17.3 Å². The van der Waals surface area contributed by atoms with Crippen LogP contribution in [0.4, 0.5) is 0 Å². The molecule has 1 saturated heterocycles. The summed E-state index contributed by atoms with van der Waals surface area (Å²) in [5.74, 6) is -0.472. The van der Waals surface area contributed by atoms with E-state index in [1.165, 1.54) is 0 Å². The van der Waals surface area contributed by atoms with Gasteiger partial charge in [0.1, 0.15) is 0 Å². The highest BCUT2D eigenvalue weighted by atomic mass is 32.1. The van der Waals surface area contributed by atoms with Crippen LogP contribution in [-0.2, 0) is 16.8 Å². The van der Waals surface area contributed by atoms with Crippen LogP contribution in [0.3, 0.4) is 0 Å². The molecule has 5 heteroatoms. The summed E-state index contributed by atoms with van der Waals surface area (Å²) in [6.07, 6.45) is 0.788. The Morgan fingerprint density at radius 2 is 2.20 bits per heavy atom. The fourth-order valence-electron chi connectivity index (χ4n) is 2.72. The molecule has 4 nitrogen and oxygen atoms in total. The van der Waals surface area contributed by atoms with Crippen molar-refractivity contribution in [3.63, 3.8) is 0 Å². The number of piperidine rings is 1. The van der Waals surface area contributed by atoms with Gasteiger partial charge in [-0.05, 0) is 12.3 Å². The predicted molar refractivity (Wildman–Crippen MR) is 81.0 cm³/mol. The first-order chi connectivity index (χ1) is 9.25. The van der Waals surface area contributed by atoms with Gasteiger partial charge in [-0.2, -0.15) is 0 Å². The summed E-state index contributed by atoms with van der Waals surface area (Å²) in [5, 5.41) is 12.5. The molecule has 0 aromatic carbocycles. The minimum absolute atomic E-state index is 0.0850. The molecule has 0 saturated carbocycles. The van der Waals surface area contributed by atoms with E-state index in [-0.39, 0.29) is 11.3 Å². The molecular weight excluding hydrogens is 272 g/mol. The molecule has 2 rings (SSSR count). The lowest BCUT2D eigenvalue weighted by molar-refractivity contribution is -0.144. The third-order valence-electron chi connectivity index (χ3n) is 3.66. The van der Waals surface area contributed by atoms with Crippen LogP contribution in [0.15, 0.2) is 5.38 Å². The van der Waals surface area contributed by atoms with Crippen LogP contribution >= 0.6 is 11.3 Å². The number of carbonyl (C=O) groups is 1. The van der Waals surface area contributed by atoms with Gasteiger partial charge >= 0.3 is 5.97 Å². The van der Waals surface area contributed by atoms with Crippen molar-refractivity contribution in [2.24, 2.45) is 11.8 Å². The number of hydrogen-bond donors (Lipinski definition) is 1. The van der Waals surface area contributed by atoms with E-state index in [9.17, 15) is 9.90 Å². The number of carboxylic acids is 1. The molecule has 0 aliphatic carbocycles. The van der Waals surface area contributed by atoms with Gasteiger partial charge in [-0.15, -0.1) is 11.3 Å². The molecule has 1 N–H and O–H groups in total. The molecule has 2 unspecified atom stereocenters. The number of rotatable bonds is 3. The van der Waals surface area contributed by atoms with Crippen molar-refractivity contribution in [3.05, 3.63) is 16.1 Å². The summed E-state index contributed by atoms with van der Waals surface area (Å²) in [5.41, 5.74) is 1.15. The molecule has 112 valence electrons. The average molecular weight is 296 g/mol. The number of nitrogens with zero attached hydrogens (tertiary/aromatic N) is 2. The molecule has 1 aliphatic heterocycles. The van der Waals surface area contributed by atoms with Gasteiger partial charge < -0.3 is 5.11 Å². The van der Waals surface area contributed by atoms with Gasteiger partial charge in [0.05, 0.1) is 16.6 Å². The lowest BCUT2D eigenvalue weighted by Crippen LogP contribution is -2.42. The maximum atomic E-state index is 11.2. The van der Waals surface area contributed by atoms with Crippen LogP contribution in [0.1, 0.15) is 44.8 Å². The van der Waals surface area contributed by atoms with E-state index in [2.05, 4.69) is 38.0 Å². The van der Waals surface area contributed by atoms with Crippen molar-refractivity contribution in [2.75, 3.05) is 13.1 Å². The summed E-state index contributed by atoms with van der Waals surface area (Å²) in [6, 6.07) is 0. The average Bonchev–Trinajstić information content (AvgIpc) is 2.76. The van der Waals surface area contributed by atoms with Gasteiger partial charge in [0.15, 0.2) is 0 Å². The standard InChI is InChI=1S/C15H24N2O2S/c1-10-5-11(13(18)19)7-17(6-10)8-12-9-20-14(16-12)15(2,3)4/h9-11H,5-8H2,1-4H3,(H,18,19). The maximum absolute atomic E-state index is 11.2. The van der Waals surface area contributed by atoms with Crippen LogP contribution in [0.2, 0.25) is 0 Å². The Balaban J connectivity index is 2.02. The third kappa shape index (κ3) is 3.79. The number of likely N-dealkylation sites (tertiary alicyclic amines) is 1. The number of aliphatic carboxylic acids is 1. The SMILES string of the molecule is CC1CC(C(=O)O)CN(Cc2csc(C(C)(C)C)n2)C1. The Morgan fingerprint density at radius 3 is 2.75 bits per heavy atom. The Morgan fingerprint density at radius 1 is 1.50 bits per heavy atom. The molecule has 0 radical (unpaired) electrons. The number of thiazole rings is 1. The fraction of sp³-hybridized carbons (Fsp3) is 0.733. The van der Waals surface area contributed by atoms with Crippen LogP contribution in [-0.4, -0.2) is 34.0 Å². The topological polar surface area (TPSA) is 53.4 Å². The molecule has 2 heterocycles. The lowest BCUT2D eigenvalue weighted by atomic mass is 9.90. The second-order valence-electron chi connectivity index (χ2n) is 6.96. The highest BCUT2D eigenvalue weighted by Crippen LogP contribution is 2.27. The Labute approximate surface area is 124 Å². The molecule has 2 atom stereocenters. The van der Waals surface area contributed by atoms with E-state index in [1.54, 1.807) is 11.3 Å². The second-order valence-corrected chi connectivity index (χ2v) is 7.82. The molecule has 0 bridgehead atoms. The molecule has 1 aromatic heterocycles. The Bertz CT molecular complexity index is 478. The summed E-state index contributed by atoms with van der Waals surface area (Å²) >= 11 is 1.70. The van der Waals surface area contributed by atoms with Crippen molar-refractivity contribution in [2.45, 2.75) is 46.1 Å². The van der Waals surface area contributed by atoms with Crippen molar-refractivity contribution < 1.29 is 9.90 Å². The summed E-state index contributed by atoms with van der Waals surface area (Å²) in [6.45, 7) is 11.0. The molecule has 20 heavy (non-hydrogen) atoms. The molecule has 1 aromatic rings. The van der Waals surface area contributed by atoms with Crippen LogP contribution in [0.25, 0.3) is 0 Å². The van der Waals surface area contributed by atoms with Crippen molar-refractivity contribution in [1.82, 2.24) is 9.88 Å². The van der Waals surface area contributed by atoms with Crippen LogP contribution in [0, 0.1) is 11.8 Å². The predicted octanol–water partition coefficient (Wildman–Crippen LogP) is 2.98. The number of hydrogen-bond acceptors (Lipinski definition) is 4. The third-order valence-corrected chi connectivity index (χ3v) is 4.98. The monoisotopic (exact) mass is 296 g/mol. The van der Waals surface area contributed by atoms with Crippen molar-refractivity contribution in [1.29, 1.82) is 0 Å². The summed E-state index contributed by atoms with van der Waals surface area (Å²) in [7, 11) is 0. The Hall–Kier alpha value is -0.940. The van der Waals surface area contributed by atoms with Gasteiger partial charge in [0.2, 0.25) is 0 Å². The van der Waals surface area contributed by atoms with Crippen LogP contribution in [0.5, 0.6) is 0 Å². The first-order valence-electron chi connectivity index (χ1n) is 7.15. The van der Waals surface area contributed by atoms with E-state index in [0.717, 1.165) is 30.2 Å². The first kappa shape index (κ1) is 15.4. The van der Waals surface area contributed by atoms with E-state index in [4.69, 9.17) is 4.98 Å². The second kappa shape index (κ2) is 5.82. The molecule has 1 aliphatic rings. The zero-order valence-electron chi connectivity index (χ0n) is 12.7. The lowest BCUT2D eigenvalue weighted by Gasteiger charge is -2.34. The van der Waals surface area contributed by atoms with Gasteiger partial charge in [-0.1, -0.05) is 27.7 Å². The smallest absolute Gasteiger partial charge is 0.307 e.